The van der Waals surface area contributed by atoms with Gasteiger partial charge in [0.15, 0.2) is 0 Å². The fraction of sp³-hybridized carbons (Fsp3) is 0.133. The summed E-state index contributed by atoms with van der Waals surface area (Å²) < 4.78 is 14.3. The van der Waals surface area contributed by atoms with E-state index < -0.39 is 5.82 Å². The van der Waals surface area contributed by atoms with Gasteiger partial charge in [0.05, 0.1) is 10.8 Å². The highest BCUT2D eigenvalue weighted by Gasteiger charge is 2.35. The van der Waals surface area contributed by atoms with Crippen molar-refractivity contribution >= 4 is 50.9 Å². The summed E-state index contributed by atoms with van der Waals surface area (Å²) in [5.41, 5.74) is 1.62. The molecule has 6 heteroatoms. The summed E-state index contributed by atoms with van der Waals surface area (Å²) in [5.74, 6) is -0.110. The first-order valence-electron chi connectivity index (χ1n) is 6.21. The van der Waals surface area contributed by atoms with E-state index in [1.807, 2.05) is 24.3 Å². The third-order valence-corrected chi connectivity index (χ3v) is 5.43. The summed E-state index contributed by atoms with van der Waals surface area (Å²) in [6.45, 7) is 0. The van der Waals surface area contributed by atoms with Gasteiger partial charge in [0.1, 0.15) is 11.2 Å². The minimum atomic E-state index is -0.489. The van der Waals surface area contributed by atoms with E-state index >= 15 is 0 Å². The van der Waals surface area contributed by atoms with E-state index in [1.165, 1.54) is 12.1 Å². The van der Waals surface area contributed by atoms with Gasteiger partial charge in [-0.05, 0) is 29.8 Å². The number of rotatable bonds is 2. The van der Waals surface area contributed by atoms with Crippen LogP contribution in [0.25, 0.3) is 0 Å². The minimum Gasteiger partial charge on any atom is -0.295 e. The molecule has 0 spiro atoms. The Hall–Kier alpha value is -1.04. The van der Waals surface area contributed by atoms with Crippen LogP contribution >= 0.6 is 39.3 Å². The van der Waals surface area contributed by atoms with Crippen molar-refractivity contribution in [3.05, 3.63) is 63.3 Å². The topological polar surface area (TPSA) is 20.3 Å². The van der Waals surface area contributed by atoms with Gasteiger partial charge in [0.2, 0.25) is 5.91 Å². The molecule has 0 aromatic heterocycles. The molecular formula is C15H10BrClFNOS. The zero-order chi connectivity index (χ0) is 15.0. The quantitative estimate of drug-likeness (QED) is 0.722. The highest BCUT2D eigenvalue weighted by atomic mass is 79.9. The van der Waals surface area contributed by atoms with Gasteiger partial charge in [0.25, 0.3) is 0 Å². The van der Waals surface area contributed by atoms with E-state index in [2.05, 4.69) is 15.9 Å². The number of anilines is 1. The number of hydrogen-bond acceptors (Lipinski definition) is 2. The summed E-state index contributed by atoms with van der Waals surface area (Å²) in [6.07, 6.45) is 0. The number of benzene rings is 2. The molecule has 21 heavy (non-hydrogen) atoms. The van der Waals surface area contributed by atoms with Crippen LogP contribution in [-0.4, -0.2) is 11.7 Å². The van der Waals surface area contributed by atoms with Gasteiger partial charge in [-0.25, -0.2) is 4.39 Å². The predicted octanol–water partition coefficient (Wildman–Crippen LogP) is 5.02. The first kappa shape index (κ1) is 14.9. The monoisotopic (exact) mass is 385 g/mol. The maximum atomic E-state index is 13.3. The van der Waals surface area contributed by atoms with Gasteiger partial charge < -0.3 is 0 Å². The van der Waals surface area contributed by atoms with E-state index in [4.69, 9.17) is 11.6 Å². The number of carbonyl (C=O) groups is 1. The Kier molecular flexibility index (Phi) is 4.24. The van der Waals surface area contributed by atoms with Crippen molar-refractivity contribution in [2.75, 3.05) is 10.7 Å². The maximum absolute atomic E-state index is 13.3. The molecule has 1 aliphatic rings. The van der Waals surface area contributed by atoms with Crippen molar-refractivity contribution in [3.63, 3.8) is 0 Å². The summed E-state index contributed by atoms with van der Waals surface area (Å²) in [6, 6.07) is 12.1. The highest BCUT2D eigenvalue weighted by Crippen LogP contribution is 2.44. The molecule has 1 amide bonds. The first-order valence-corrected chi connectivity index (χ1v) is 8.43. The Bertz CT molecular complexity index is 712. The molecule has 0 N–H and O–H groups in total. The van der Waals surface area contributed by atoms with Crippen molar-refractivity contribution in [1.82, 2.24) is 0 Å². The number of thioether (sulfide) groups is 1. The lowest BCUT2D eigenvalue weighted by molar-refractivity contribution is -0.115. The van der Waals surface area contributed by atoms with Gasteiger partial charge in [-0.1, -0.05) is 45.7 Å². The number of hydrogen-bond donors (Lipinski definition) is 0. The average molecular weight is 387 g/mol. The van der Waals surface area contributed by atoms with Gasteiger partial charge in [-0.3, -0.25) is 9.69 Å². The fourth-order valence-corrected chi connectivity index (χ4v) is 4.28. The number of amides is 1. The smallest absolute Gasteiger partial charge is 0.238 e. The Morgan fingerprint density at radius 1 is 1.29 bits per heavy atom. The molecule has 108 valence electrons. The summed E-state index contributed by atoms with van der Waals surface area (Å²) in [5, 5.41) is -0.127. The Labute approximate surface area is 139 Å². The summed E-state index contributed by atoms with van der Waals surface area (Å²) >= 11 is 10.9. The molecular weight excluding hydrogens is 377 g/mol. The van der Waals surface area contributed by atoms with Crippen LogP contribution in [0.3, 0.4) is 0 Å². The first-order chi connectivity index (χ1) is 10.1. The van der Waals surface area contributed by atoms with Crippen LogP contribution in [0.2, 0.25) is 5.02 Å². The number of halogens is 3. The van der Waals surface area contributed by atoms with E-state index in [0.29, 0.717) is 11.4 Å². The molecule has 1 fully saturated rings. The molecule has 1 heterocycles. The lowest BCUT2D eigenvalue weighted by Crippen LogP contribution is -2.28. The van der Waals surface area contributed by atoms with Crippen molar-refractivity contribution in [2.24, 2.45) is 0 Å². The van der Waals surface area contributed by atoms with E-state index in [9.17, 15) is 9.18 Å². The van der Waals surface area contributed by atoms with Gasteiger partial charge >= 0.3 is 0 Å². The molecule has 1 aliphatic heterocycles. The van der Waals surface area contributed by atoms with Crippen LogP contribution < -0.4 is 4.90 Å². The van der Waals surface area contributed by atoms with Gasteiger partial charge in [-0.15, -0.1) is 11.8 Å². The standard InChI is InChI=1S/C15H10BrClFNOS/c16-11-4-2-1-3-10(11)15-19(14(20)8-21-15)9-5-6-13(18)12(17)7-9/h1-7,15H,8H2/t15-/m1/s1. The lowest BCUT2D eigenvalue weighted by Gasteiger charge is -2.25. The molecule has 0 aliphatic carbocycles. The predicted molar refractivity (Wildman–Crippen MR) is 88.2 cm³/mol. The Morgan fingerprint density at radius 3 is 2.76 bits per heavy atom. The van der Waals surface area contributed by atoms with Crippen LogP contribution in [0, 0.1) is 5.82 Å². The molecule has 2 aromatic rings. The molecule has 2 nitrogen and oxygen atoms in total. The van der Waals surface area contributed by atoms with Crippen molar-refractivity contribution in [3.8, 4) is 0 Å². The van der Waals surface area contributed by atoms with Crippen molar-refractivity contribution in [2.45, 2.75) is 5.37 Å². The van der Waals surface area contributed by atoms with E-state index in [-0.39, 0.29) is 16.3 Å². The van der Waals surface area contributed by atoms with Crippen LogP contribution in [0.1, 0.15) is 10.9 Å². The second-order valence-corrected chi connectivity index (χ2v) is 6.88. The normalized spacial score (nSPS) is 18.3. The number of nitrogens with zero attached hydrogens (tertiary/aromatic N) is 1. The Morgan fingerprint density at radius 2 is 2.05 bits per heavy atom. The molecule has 0 unspecified atom stereocenters. The molecule has 3 rings (SSSR count). The molecule has 0 bridgehead atoms. The average Bonchev–Trinajstić information content (AvgIpc) is 2.84. The zero-order valence-electron chi connectivity index (χ0n) is 10.7. The van der Waals surface area contributed by atoms with Crippen molar-refractivity contribution < 1.29 is 9.18 Å². The van der Waals surface area contributed by atoms with Crippen LogP contribution in [0.4, 0.5) is 10.1 Å². The van der Waals surface area contributed by atoms with Crippen LogP contribution in [0.15, 0.2) is 46.9 Å². The fourth-order valence-electron chi connectivity index (χ4n) is 2.24. The molecule has 1 saturated heterocycles. The zero-order valence-corrected chi connectivity index (χ0v) is 13.9. The highest BCUT2D eigenvalue weighted by molar-refractivity contribution is 9.10. The molecule has 0 saturated carbocycles. The summed E-state index contributed by atoms with van der Waals surface area (Å²) in [4.78, 5) is 13.9. The van der Waals surface area contributed by atoms with E-state index in [0.717, 1.165) is 10.0 Å². The second kappa shape index (κ2) is 5.99. The molecule has 2 aromatic carbocycles. The summed E-state index contributed by atoms with van der Waals surface area (Å²) in [7, 11) is 0. The molecule has 1 atom stereocenters. The SMILES string of the molecule is O=C1CS[C@H](c2ccccc2Br)N1c1ccc(F)c(Cl)c1. The van der Waals surface area contributed by atoms with E-state index in [1.54, 1.807) is 22.7 Å². The van der Waals surface area contributed by atoms with Gasteiger partial charge in [-0.2, -0.15) is 0 Å². The van der Waals surface area contributed by atoms with Crippen LogP contribution in [0.5, 0.6) is 0 Å². The largest absolute Gasteiger partial charge is 0.295 e. The van der Waals surface area contributed by atoms with Crippen molar-refractivity contribution in [1.29, 1.82) is 0 Å². The number of carbonyl (C=O) groups excluding carboxylic acids is 1. The minimum absolute atomic E-state index is 0.0107. The van der Waals surface area contributed by atoms with Crippen LogP contribution in [-0.2, 0) is 4.79 Å². The lowest BCUT2D eigenvalue weighted by atomic mass is 10.2. The van der Waals surface area contributed by atoms with Gasteiger partial charge in [0, 0.05) is 10.2 Å². The Balaban J connectivity index is 2.04. The maximum Gasteiger partial charge on any atom is 0.238 e. The second-order valence-electron chi connectivity index (χ2n) is 4.55. The third kappa shape index (κ3) is 2.82. The third-order valence-electron chi connectivity index (χ3n) is 3.22. The molecule has 0 radical (unpaired) electrons.